The number of carbonyl (C=O) groups is 2. The third-order valence-corrected chi connectivity index (χ3v) is 5.12. The van der Waals surface area contributed by atoms with Crippen molar-refractivity contribution in [2.45, 2.75) is 30.2 Å². The number of hydrogen-bond acceptors (Lipinski definition) is 4. The number of amides is 2. The minimum absolute atomic E-state index is 0.0502. The zero-order chi connectivity index (χ0) is 17.6. The molecule has 8 heteroatoms. The molecule has 1 unspecified atom stereocenters. The van der Waals surface area contributed by atoms with Crippen LogP contribution in [0.5, 0.6) is 0 Å². The van der Waals surface area contributed by atoms with Crippen molar-refractivity contribution in [2.24, 2.45) is 0 Å². The van der Waals surface area contributed by atoms with Crippen LogP contribution in [0.15, 0.2) is 41.8 Å². The highest BCUT2D eigenvalue weighted by Crippen LogP contribution is 2.14. The van der Waals surface area contributed by atoms with Crippen molar-refractivity contribution in [2.75, 3.05) is 13.1 Å². The highest BCUT2D eigenvalue weighted by Gasteiger charge is 2.27. The predicted molar refractivity (Wildman–Crippen MR) is 89.9 cm³/mol. The maximum atomic E-state index is 12.5. The van der Waals surface area contributed by atoms with Crippen LogP contribution in [0.3, 0.4) is 0 Å². The number of rotatable bonds is 6. The van der Waals surface area contributed by atoms with Gasteiger partial charge in [-0.3, -0.25) is 9.59 Å². The van der Waals surface area contributed by atoms with E-state index in [1.54, 1.807) is 0 Å². The molecule has 0 bridgehead atoms. The Hall–Kier alpha value is -2.19. The first-order valence-corrected chi connectivity index (χ1v) is 9.21. The number of nitrogens with one attached hydrogen (secondary N) is 3. The van der Waals surface area contributed by atoms with Gasteiger partial charge in [0.2, 0.25) is 15.9 Å². The molecular weight excluding hydrogens is 330 g/mol. The Bertz CT molecular complexity index is 731. The molecule has 1 atom stereocenters. The van der Waals surface area contributed by atoms with Crippen LogP contribution < -0.4 is 15.4 Å². The summed E-state index contributed by atoms with van der Waals surface area (Å²) in [6.45, 7) is 4.34. The van der Waals surface area contributed by atoms with Gasteiger partial charge in [0.15, 0.2) is 0 Å². The van der Waals surface area contributed by atoms with Gasteiger partial charge in [-0.25, -0.2) is 8.42 Å². The van der Waals surface area contributed by atoms with Crippen LogP contribution in [-0.4, -0.2) is 39.4 Å². The number of hydrogen-bond donors (Lipinski definition) is 3. The van der Waals surface area contributed by atoms with Gasteiger partial charge in [-0.05, 0) is 37.5 Å². The number of sulfonamides is 1. The summed E-state index contributed by atoms with van der Waals surface area (Å²) >= 11 is 0. The summed E-state index contributed by atoms with van der Waals surface area (Å²) in [4.78, 5) is 23.8. The summed E-state index contributed by atoms with van der Waals surface area (Å²) in [5.41, 5.74) is 0.227. The molecule has 0 saturated carbocycles. The van der Waals surface area contributed by atoms with Crippen molar-refractivity contribution >= 4 is 21.8 Å². The molecule has 3 N–H and O–H groups in total. The maximum Gasteiger partial charge on any atom is 0.251 e. The normalized spacial score (nSPS) is 18.3. The molecule has 1 aliphatic heterocycles. The summed E-state index contributed by atoms with van der Waals surface area (Å²) < 4.78 is 27.4. The first-order chi connectivity index (χ1) is 11.4. The molecule has 2 amide bonds. The number of benzene rings is 1. The molecule has 1 aromatic carbocycles. The van der Waals surface area contributed by atoms with E-state index in [0.717, 1.165) is 12.8 Å². The zero-order valence-electron chi connectivity index (χ0n) is 13.2. The van der Waals surface area contributed by atoms with Crippen LogP contribution >= 0.6 is 0 Å². The Morgan fingerprint density at radius 2 is 2.17 bits per heavy atom. The summed E-state index contributed by atoms with van der Waals surface area (Å²) in [7, 11) is -3.90. The maximum absolute atomic E-state index is 12.5. The van der Waals surface area contributed by atoms with Crippen molar-refractivity contribution in [3.63, 3.8) is 0 Å². The van der Waals surface area contributed by atoms with E-state index in [1.807, 2.05) is 0 Å². The van der Waals surface area contributed by atoms with E-state index in [1.165, 1.54) is 30.3 Å². The van der Waals surface area contributed by atoms with E-state index >= 15 is 0 Å². The summed E-state index contributed by atoms with van der Waals surface area (Å²) in [6.07, 6.45) is 3.56. The van der Waals surface area contributed by atoms with Gasteiger partial charge in [-0.1, -0.05) is 12.1 Å². The van der Waals surface area contributed by atoms with Crippen molar-refractivity contribution in [1.29, 1.82) is 0 Å². The minimum Gasteiger partial charge on any atom is -0.355 e. The Morgan fingerprint density at radius 3 is 2.92 bits per heavy atom. The fourth-order valence-electron chi connectivity index (χ4n) is 2.38. The predicted octanol–water partition coefficient (Wildman–Crippen LogP) is 0.549. The standard InChI is InChI=1S/C16H21N3O4S/c1-2-9-17-15(20)12-6-5-7-13(11-12)24(22,23)19-14-8-3-4-10-18-16(14)21/h2,5-7,11,14,19H,1,3-4,8-10H2,(H,17,20)(H,18,21). The molecule has 1 saturated heterocycles. The first-order valence-electron chi connectivity index (χ1n) is 7.73. The second-order valence-electron chi connectivity index (χ2n) is 5.49. The van der Waals surface area contributed by atoms with Gasteiger partial charge in [0.05, 0.1) is 4.90 Å². The van der Waals surface area contributed by atoms with Gasteiger partial charge in [0.1, 0.15) is 6.04 Å². The van der Waals surface area contributed by atoms with E-state index in [-0.39, 0.29) is 28.8 Å². The largest absolute Gasteiger partial charge is 0.355 e. The van der Waals surface area contributed by atoms with Gasteiger partial charge in [-0.2, -0.15) is 4.72 Å². The molecule has 7 nitrogen and oxygen atoms in total. The van der Waals surface area contributed by atoms with E-state index < -0.39 is 16.1 Å². The van der Waals surface area contributed by atoms with E-state index in [0.29, 0.717) is 13.0 Å². The lowest BCUT2D eigenvalue weighted by Gasteiger charge is -2.15. The SMILES string of the molecule is C=CCNC(=O)c1cccc(S(=O)(=O)NC2CCCCNC2=O)c1. The van der Waals surface area contributed by atoms with Gasteiger partial charge < -0.3 is 10.6 Å². The molecule has 1 fully saturated rings. The molecule has 1 aromatic rings. The smallest absolute Gasteiger partial charge is 0.251 e. The molecule has 1 aliphatic rings. The second-order valence-corrected chi connectivity index (χ2v) is 7.20. The van der Waals surface area contributed by atoms with Crippen LogP contribution in [0, 0.1) is 0 Å². The van der Waals surface area contributed by atoms with Gasteiger partial charge in [0, 0.05) is 18.7 Å². The summed E-state index contributed by atoms with van der Waals surface area (Å²) in [5, 5.41) is 5.27. The van der Waals surface area contributed by atoms with Gasteiger partial charge in [0.25, 0.3) is 5.91 Å². The van der Waals surface area contributed by atoms with Crippen LogP contribution in [0.4, 0.5) is 0 Å². The van der Waals surface area contributed by atoms with Crippen molar-refractivity contribution in [3.8, 4) is 0 Å². The van der Waals surface area contributed by atoms with Crippen LogP contribution in [0.2, 0.25) is 0 Å². The topological polar surface area (TPSA) is 104 Å². The van der Waals surface area contributed by atoms with Crippen molar-refractivity contribution < 1.29 is 18.0 Å². The van der Waals surface area contributed by atoms with E-state index in [4.69, 9.17) is 0 Å². The van der Waals surface area contributed by atoms with E-state index in [9.17, 15) is 18.0 Å². The molecule has 1 heterocycles. The molecule has 2 rings (SSSR count). The Balaban J connectivity index is 2.18. The molecule has 0 radical (unpaired) electrons. The van der Waals surface area contributed by atoms with Gasteiger partial charge >= 0.3 is 0 Å². The summed E-state index contributed by atoms with van der Waals surface area (Å²) in [5.74, 6) is -0.713. The summed E-state index contributed by atoms with van der Waals surface area (Å²) in [6, 6.07) is 4.90. The van der Waals surface area contributed by atoms with Crippen LogP contribution in [0.25, 0.3) is 0 Å². The second kappa shape index (κ2) is 8.07. The zero-order valence-corrected chi connectivity index (χ0v) is 14.1. The van der Waals surface area contributed by atoms with Gasteiger partial charge in [-0.15, -0.1) is 6.58 Å². The average Bonchev–Trinajstić information content (AvgIpc) is 2.77. The van der Waals surface area contributed by atoms with Crippen molar-refractivity contribution in [1.82, 2.24) is 15.4 Å². The molecule has 0 aliphatic carbocycles. The van der Waals surface area contributed by atoms with E-state index in [2.05, 4.69) is 21.9 Å². The lowest BCUT2D eigenvalue weighted by Crippen LogP contribution is -2.45. The lowest BCUT2D eigenvalue weighted by atomic mass is 10.1. The van der Waals surface area contributed by atoms with Crippen molar-refractivity contribution in [3.05, 3.63) is 42.5 Å². The Labute approximate surface area is 141 Å². The highest BCUT2D eigenvalue weighted by atomic mass is 32.2. The average molecular weight is 351 g/mol. The first kappa shape index (κ1) is 18.2. The Morgan fingerprint density at radius 1 is 1.38 bits per heavy atom. The fourth-order valence-corrected chi connectivity index (χ4v) is 3.65. The molecule has 24 heavy (non-hydrogen) atoms. The molecular formula is C16H21N3O4S. The minimum atomic E-state index is -3.90. The Kier molecular flexibility index (Phi) is 6.10. The molecule has 0 aromatic heterocycles. The lowest BCUT2D eigenvalue weighted by molar-refractivity contribution is -0.122. The fraction of sp³-hybridized carbons (Fsp3) is 0.375. The molecule has 130 valence electrons. The number of carbonyl (C=O) groups excluding carboxylic acids is 2. The quantitative estimate of drug-likeness (QED) is 0.651. The monoisotopic (exact) mass is 351 g/mol. The molecule has 0 spiro atoms. The third-order valence-electron chi connectivity index (χ3n) is 3.65. The third kappa shape index (κ3) is 4.65. The van der Waals surface area contributed by atoms with Crippen LogP contribution in [-0.2, 0) is 14.8 Å². The highest BCUT2D eigenvalue weighted by molar-refractivity contribution is 7.89. The van der Waals surface area contributed by atoms with Crippen LogP contribution in [0.1, 0.15) is 29.6 Å².